The number of rotatable bonds is 4. The number of thiazole rings is 1. The summed E-state index contributed by atoms with van der Waals surface area (Å²) in [7, 11) is 0. The van der Waals surface area contributed by atoms with Crippen molar-refractivity contribution in [2.24, 2.45) is 0 Å². The van der Waals surface area contributed by atoms with E-state index in [9.17, 15) is 4.79 Å². The topological polar surface area (TPSA) is 59.0 Å². The molecular formula is C16H18N4OS. The zero-order valence-corrected chi connectivity index (χ0v) is 13.1. The van der Waals surface area contributed by atoms with Crippen LogP contribution in [0.3, 0.4) is 0 Å². The minimum atomic E-state index is 0.147. The number of carbonyl (C=O) groups is 1. The number of aromatic nitrogens is 3. The third kappa shape index (κ3) is 2.41. The molecular weight excluding hydrogens is 296 g/mol. The summed E-state index contributed by atoms with van der Waals surface area (Å²) in [4.78, 5) is 28.5. The fraction of sp³-hybridized carbons (Fsp3) is 0.500. The van der Waals surface area contributed by atoms with Gasteiger partial charge in [0, 0.05) is 24.5 Å². The van der Waals surface area contributed by atoms with Crippen LogP contribution in [0, 0.1) is 0 Å². The molecule has 0 N–H and O–H groups in total. The van der Waals surface area contributed by atoms with E-state index in [0.717, 1.165) is 25.7 Å². The van der Waals surface area contributed by atoms with E-state index in [0.29, 0.717) is 27.8 Å². The van der Waals surface area contributed by atoms with Crippen LogP contribution in [0.15, 0.2) is 24.7 Å². The standard InChI is InChI=1S/C16H18N4OS/c21-16(20(11-4-1-5-11)12-6-2-7-12)13-10-19-15(22-13)14-17-8-3-9-18-14/h3,8-12H,1-2,4-7H2. The monoisotopic (exact) mass is 314 g/mol. The van der Waals surface area contributed by atoms with Gasteiger partial charge in [-0.25, -0.2) is 15.0 Å². The SMILES string of the molecule is O=C(c1cnc(-c2ncccn2)s1)N(C1CCC1)C1CCC1. The second-order valence-corrected chi connectivity index (χ2v) is 7.01. The van der Waals surface area contributed by atoms with Gasteiger partial charge in [-0.15, -0.1) is 11.3 Å². The molecule has 2 fully saturated rings. The van der Waals surface area contributed by atoms with Gasteiger partial charge in [-0.3, -0.25) is 4.79 Å². The molecule has 0 atom stereocenters. The van der Waals surface area contributed by atoms with Gasteiger partial charge < -0.3 is 4.90 Å². The highest BCUT2D eigenvalue weighted by atomic mass is 32.1. The highest BCUT2D eigenvalue weighted by molar-refractivity contribution is 7.16. The normalized spacial score (nSPS) is 18.5. The van der Waals surface area contributed by atoms with Crippen molar-refractivity contribution >= 4 is 17.2 Å². The maximum absolute atomic E-state index is 12.9. The Morgan fingerprint density at radius 2 is 1.68 bits per heavy atom. The van der Waals surface area contributed by atoms with Crippen LogP contribution in [0.1, 0.15) is 48.2 Å². The predicted octanol–water partition coefficient (Wildman–Crippen LogP) is 3.15. The van der Waals surface area contributed by atoms with Gasteiger partial charge in [-0.2, -0.15) is 0 Å². The van der Waals surface area contributed by atoms with E-state index in [1.165, 1.54) is 24.2 Å². The first-order chi connectivity index (χ1) is 10.8. The Labute approximate surface area is 133 Å². The van der Waals surface area contributed by atoms with Crippen LogP contribution >= 0.6 is 11.3 Å². The summed E-state index contributed by atoms with van der Waals surface area (Å²) in [6.07, 6.45) is 12.2. The predicted molar refractivity (Wildman–Crippen MR) is 84.6 cm³/mol. The quantitative estimate of drug-likeness (QED) is 0.870. The minimum absolute atomic E-state index is 0.147. The van der Waals surface area contributed by atoms with Crippen molar-refractivity contribution in [3.05, 3.63) is 29.5 Å². The molecule has 5 nitrogen and oxygen atoms in total. The molecule has 2 heterocycles. The lowest BCUT2D eigenvalue weighted by Crippen LogP contribution is -2.52. The van der Waals surface area contributed by atoms with Crippen molar-refractivity contribution in [3.8, 4) is 10.8 Å². The Hall–Kier alpha value is -1.82. The maximum atomic E-state index is 12.9. The molecule has 114 valence electrons. The zero-order valence-electron chi connectivity index (χ0n) is 12.3. The van der Waals surface area contributed by atoms with Crippen molar-refractivity contribution in [1.82, 2.24) is 19.9 Å². The molecule has 22 heavy (non-hydrogen) atoms. The second-order valence-electron chi connectivity index (χ2n) is 5.98. The summed E-state index contributed by atoms with van der Waals surface area (Å²) in [5, 5.41) is 0.714. The fourth-order valence-corrected chi connectivity index (χ4v) is 3.78. The van der Waals surface area contributed by atoms with Crippen LogP contribution in [-0.2, 0) is 0 Å². The van der Waals surface area contributed by atoms with Crippen molar-refractivity contribution in [1.29, 1.82) is 0 Å². The summed E-state index contributed by atoms with van der Waals surface area (Å²) in [5.41, 5.74) is 0. The molecule has 0 aromatic carbocycles. The van der Waals surface area contributed by atoms with Crippen LogP contribution in [0.5, 0.6) is 0 Å². The highest BCUT2D eigenvalue weighted by Gasteiger charge is 2.37. The number of carbonyl (C=O) groups excluding carboxylic acids is 1. The molecule has 2 aliphatic carbocycles. The van der Waals surface area contributed by atoms with Gasteiger partial charge >= 0.3 is 0 Å². The Balaban J connectivity index is 1.57. The first-order valence-electron chi connectivity index (χ1n) is 7.89. The molecule has 0 radical (unpaired) electrons. The molecule has 1 amide bonds. The molecule has 2 aromatic heterocycles. The van der Waals surface area contributed by atoms with E-state index in [4.69, 9.17) is 0 Å². The highest BCUT2D eigenvalue weighted by Crippen LogP contribution is 2.36. The first-order valence-corrected chi connectivity index (χ1v) is 8.70. The molecule has 0 unspecified atom stereocenters. The van der Waals surface area contributed by atoms with E-state index in [-0.39, 0.29) is 5.91 Å². The van der Waals surface area contributed by atoms with Gasteiger partial charge in [0.1, 0.15) is 4.88 Å². The lowest BCUT2D eigenvalue weighted by atomic mass is 9.84. The summed E-state index contributed by atoms with van der Waals surface area (Å²) >= 11 is 1.40. The molecule has 0 aliphatic heterocycles. The van der Waals surface area contributed by atoms with Crippen molar-refractivity contribution in [3.63, 3.8) is 0 Å². The van der Waals surface area contributed by atoms with Crippen LogP contribution in [0.25, 0.3) is 10.8 Å². The smallest absolute Gasteiger partial charge is 0.266 e. The number of amides is 1. The van der Waals surface area contributed by atoms with Crippen molar-refractivity contribution in [2.45, 2.75) is 50.6 Å². The fourth-order valence-electron chi connectivity index (χ4n) is 2.97. The summed E-state index contributed by atoms with van der Waals surface area (Å²) in [6.45, 7) is 0. The van der Waals surface area contributed by atoms with Crippen LogP contribution in [0.4, 0.5) is 0 Å². The zero-order chi connectivity index (χ0) is 14.9. The minimum Gasteiger partial charge on any atom is -0.332 e. The summed E-state index contributed by atoms with van der Waals surface area (Å²) in [6, 6.07) is 2.66. The number of hydrogen-bond donors (Lipinski definition) is 0. The van der Waals surface area contributed by atoms with Crippen molar-refractivity contribution in [2.75, 3.05) is 0 Å². The van der Waals surface area contributed by atoms with E-state index in [1.807, 2.05) is 0 Å². The molecule has 0 bridgehead atoms. The van der Waals surface area contributed by atoms with Crippen LogP contribution < -0.4 is 0 Å². The second kappa shape index (κ2) is 5.76. The molecule has 2 saturated carbocycles. The number of hydrogen-bond acceptors (Lipinski definition) is 5. The average Bonchev–Trinajstić information content (AvgIpc) is 2.93. The van der Waals surface area contributed by atoms with E-state index < -0.39 is 0 Å². The van der Waals surface area contributed by atoms with Gasteiger partial charge in [0.05, 0.1) is 6.20 Å². The van der Waals surface area contributed by atoms with E-state index in [1.54, 1.807) is 24.7 Å². The third-order valence-corrected chi connectivity index (χ3v) is 5.63. The average molecular weight is 314 g/mol. The largest absolute Gasteiger partial charge is 0.332 e. The molecule has 0 spiro atoms. The molecule has 6 heteroatoms. The van der Waals surface area contributed by atoms with Gasteiger partial charge in [-0.05, 0) is 44.6 Å². The Bertz CT molecular complexity index is 650. The van der Waals surface area contributed by atoms with Gasteiger partial charge in [0.25, 0.3) is 5.91 Å². The Kier molecular flexibility index (Phi) is 3.62. The number of nitrogens with zero attached hydrogens (tertiary/aromatic N) is 4. The Morgan fingerprint density at radius 3 is 2.23 bits per heavy atom. The van der Waals surface area contributed by atoms with Crippen molar-refractivity contribution < 1.29 is 4.79 Å². The Morgan fingerprint density at radius 1 is 1.05 bits per heavy atom. The molecule has 4 rings (SSSR count). The summed E-state index contributed by atoms with van der Waals surface area (Å²) < 4.78 is 0. The molecule has 0 saturated heterocycles. The lowest BCUT2D eigenvalue weighted by Gasteiger charge is -2.46. The van der Waals surface area contributed by atoms with Gasteiger partial charge in [-0.1, -0.05) is 0 Å². The van der Waals surface area contributed by atoms with E-state index in [2.05, 4.69) is 19.9 Å². The van der Waals surface area contributed by atoms with E-state index >= 15 is 0 Å². The molecule has 2 aliphatic rings. The lowest BCUT2D eigenvalue weighted by molar-refractivity contribution is 0.0290. The maximum Gasteiger partial charge on any atom is 0.266 e. The third-order valence-electron chi connectivity index (χ3n) is 4.64. The first kappa shape index (κ1) is 13.8. The summed E-state index contributed by atoms with van der Waals surface area (Å²) in [5.74, 6) is 0.736. The molecule has 2 aromatic rings. The van der Waals surface area contributed by atoms with Gasteiger partial charge in [0.15, 0.2) is 10.8 Å². The van der Waals surface area contributed by atoms with Crippen LogP contribution in [0.2, 0.25) is 0 Å². The van der Waals surface area contributed by atoms with Crippen LogP contribution in [-0.4, -0.2) is 37.8 Å². The van der Waals surface area contributed by atoms with Gasteiger partial charge in [0.2, 0.25) is 0 Å².